The van der Waals surface area contributed by atoms with Gasteiger partial charge >= 0.3 is 16.9 Å². The average Bonchev–Trinajstić information content (AvgIpc) is 3.49. The van der Waals surface area contributed by atoms with Crippen LogP contribution in [-0.2, 0) is 19.4 Å². The molecule has 5 aliphatic carbocycles. The monoisotopic (exact) mass is 752 g/mol. The summed E-state index contributed by atoms with van der Waals surface area (Å²) in [5.41, 5.74) is 1.29. The van der Waals surface area contributed by atoms with E-state index in [1.54, 1.807) is 18.2 Å². The van der Waals surface area contributed by atoms with E-state index in [1.807, 2.05) is 0 Å². The fourth-order valence-electron chi connectivity index (χ4n) is 12.5. The van der Waals surface area contributed by atoms with E-state index in [2.05, 4.69) is 64.3 Å². The first-order valence-corrected chi connectivity index (χ1v) is 21.4. The molecule has 0 aliphatic heterocycles. The summed E-state index contributed by atoms with van der Waals surface area (Å²) >= 11 is 0. The number of nitrogens with zero attached hydrogens (tertiary/aromatic N) is 2. The van der Waals surface area contributed by atoms with Crippen molar-refractivity contribution in [3.8, 4) is 5.88 Å². The summed E-state index contributed by atoms with van der Waals surface area (Å²) in [6, 6.07) is 7.59. The minimum atomic E-state index is -4.20. The Morgan fingerprint density at radius 1 is 0.943 bits per heavy atom. The van der Waals surface area contributed by atoms with Gasteiger partial charge in [0, 0.05) is 0 Å². The van der Waals surface area contributed by atoms with Crippen molar-refractivity contribution in [2.45, 2.75) is 142 Å². The Morgan fingerprint density at radius 3 is 2.38 bits per heavy atom. The minimum absolute atomic E-state index is 0.000484. The van der Waals surface area contributed by atoms with Crippen molar-refractivity contribution in [3.05, 3.63) is 47.2 Å². The molecule has 0 saturated heterocycles. The van der Waals surface area contributed by atoms with Crippen molar-refractivity contribution in [2.24, 2.45) is 50.2 Å². The SMILES string of the molecule is CC1(C)CC[C@]2(C(=O)OCCCCOc3no[n+]([O-])c3S(=O)(=O)c3ccccc3)CC[C@]3(C)C(=CC[C@@H]4[C@@]5(C)CC[C@H](O)C(C)(C)[C@@H]5CC[C@]43C)[C@@H]2C1. The Hall–Kier alpha value is -2.92. The number of fused-ring (bicyclic) bond motifs is 7. The van der Waals surface area contributed by atoms with Crippen molar-refractivity contribution >= 4 is 15.8 Å². The van der Waals surface area contributed by atoms with E-state index in [9.17, 15) is 23.5 Å². The Morgan fingerprint density at radius 2 is 1.64 bits per heavy atom. The van der Waals surface area contributed by atoms with Gasteiger partial charge in [-0.2, -0.15) is 0 Å². The molecule has 8 atom stereocenters. The van der Waals surface area contributed by atoms with Gasteiger partial charge in [0.1, 0.15) is 0 Å². The molecule has 10 nitrogen and oxygen atoms in total. The zero-order valence-electron chi connectivity index (χ0n) is 32.8. The maximum atomic E-state index is 14.4. The van der Waals surface area contributed by atoms with Crippen LogP contribution in [0.3, 0.4) is 0 Å². The summed E-state index contributed by atoms with van der Waals surface area (Å²) in [7, 11) is -4.20. The van der Waals surface area contributed by atoms with Crippen molar-refractivity contribution in [1.82, 2.24) is 5.16 Å². The number of sulfone groups is 1. The molecule has 0 amide bonds. The van der Waals surface area contributed by atoms with Gasteiger partial charge in [0.25, 0.3) is 9.84 Å². The lowest BCUT2D eigenvalue weighted by Crippen LogP contribution is -2.65. The highest BCUT2D eigenvalue weighted by Crippen LogP contribution is 2.75. The lowest BCUT2D eigenvalue weighted by molar-refractivity contribution is -0.832. The molecule has 4 fully saturated rings. The standard InChI is InChI=1S/C42H60N2O8S/c1-37(2)21-23-42(36(46)51-26-12-11-25-50-34-35(44(47)52-43-34)53(48,49)28-13-9-8-10-14-28)24-22-40(6)29(30(42)27-37)15-16-32-39(5)19-18-33(45)38(3,4)31(39)17-20-41(32,40)7/h8-10,13-15,30-33,45H,11-12,16-27H2,1-7H3/t30-,31-,32+,33-,39-,40+,41+,42-/m0/s1. The van der Waals surface area contributed by atoms with E-state index in [-0.39, 0.29) is 74.0 Å². The zero-order valence-corrected chi connectivity index (χ0v) is 33.6. The van der Waals surface area contributed by atoms with Crippen LogP contribution < -0.4 is 9.64 Å². The number of aliphatic hydroxyl groups excluding tert-OH is 1. The third kappa shape index (κ3) is 5.87. The molecule has 2 aromatic rings. The molecule has 5 aliphatic rings. The van der Waals surface area contributed by atoms with Gasteiger partial charge in [-0.25, -0.2) is 8.42 Å². The summed E-state index contributed by atoms with van der Waals surface area (Å²) in [5, 5.41) is 26.2. The van der Waals surface area contributed by atoms with Crippen molar-refractivity contribution < 1.29 is 37.3 Å². The quantitative estimate of drug-likeness (QED) is 0.117. The zero-order chi connectivity index (χ0) is 38.2. The topological polar surface area (TPSA) is 143 Å². The molecular weight excluding hydrogens is 693 g/mol. The van der Waals surface area contributed by atoms with Crippen molar-refractivity contribution in [2.75, 3.05) is 13.2 Å². The van der Waals surface area contributed by atoms with Crippen LogP contribution in [0.5, 0.6) is 5.88 Å². The highest BCUT2D eigenvalue weighted by molar-refractivity contribution is 7.91. The van der Waals surface area contributed by atoms with Gasteiger partial charge in [0.2, 0.25) is 0 Å². The number of unbranched alkanes of at least 4 members (excludes halogenated alkanes) is 1. The predicted octanol–water partition coefficient (Wildman–Crippen LogP) is 8.01. The van der Waals surface area contributed by atoms with Gasteiger partial charge in [-0.05, 0) is 139 Å². The number of aliphatic hydroxyl groups is 1. The second-order valence-corrected chi connectivity index (χ2v) is 21.2. The van der Waals surface area contributed by atoms with Crippen LogP contribution >= 0.6 is 0 Å². The summed E-state index contributed by atoms with van der Waals surface area (Å²) in [6.45, 7) is 17.2. The van der Waals surface area contributed by atoms with Crippen LogP contribution in [0.4, 0.5) is 0 Å². The van der Waals surface area contributed by atoms with Gasteiger partial charge in [-0.3, -0.25) is 9.42 Å². The van der Waals surface area contributed by atoms with Crippen molar-refractivity contribution in [1.29, 1.82) is 0 Å². The molecule has 7 rings (SSSR count). The molecule has 53 heavy (non-hydrogen) atoms. The highest BCUT2D eigenvalue weighted by Gasteiger charge is 2.69. The number of hydrogen-bond donors (Lipinski definition) is 1. The number of rotatable bonds is 9. The van der Waals surface area contributed by atoms with Crippen molar-refractivity contribution in [3.63, 3.8) is 0 Å². The van der Waals surface area contributed by atoms with E-state index in [0.717, 1.165) is 64.2 Å². The number of carbonyl (C=O) groups is 1. The number of esters is 1. The molecule has 292 valence electrons. The number of aromatic nitrogens is 2. The number of hydrogen-bond acceptors (Lipinski definition) is 9. The fourth-order valence-corrected chi connectivity index (χ4v) is 13.8. The lowest BCUT2D eigenvalue weighted by atomic mass is 9.33. The number of carbonyl (C=O) groups excluding carboxylic acids is 1. The predicted molar refractivity (Wildman–Crippen MR) is 198 cm³/mol. The molecule has 1 aromatic heterocycles. The van der Waals surface area contributed by atoms with Crippen LogP contribution in [0.25, 0.3) is 0 Å². The van der Waals surface area contributed by atoms with E-state index in [4.69, 9.17) is 9.47 Å². The number of allylic oxidation sites excluding steroid dienone is 2. The number of benzene rings is 1. The van der Waals surface area contributed by atoms with Crippen LogP contribution in [0.2, 0.25) is 0 Å². The smallest absolute Gasteiger partial charge is 0.414 e. The van der Waals surface area contributed by atoms with E-state index >= 15 is 0 Å². The van der Waals surface area contributed by atoms with Gasteiger partial charge in [0.15, 0.2) is 0 Å². The van der Waals surface area contributed by atoms with E-state index in [0.29, 0.717) is 24.7 Å². The summed E-state index contributed by atoms with van der Waals surface area (Å²) < 4.78 is 42.5. The average molecular weight is 753 g/mol. The largest absolute Gasteiger partial charge is 0.465 e. The van der Waals surface area contributed by atoms with Crippen LogP contribution in [0.1, 0.15) is 126 Å². The molecule has 0 unspecified atom stereocenters. The Kier molecular flexibility index (Phi) is 9.48. The Bertz CT molecular complexity index is 1850. The summed E-state index contributed by atoms with van der Waals surface area (Å²) in [5.74, 6) is 0.702. The van der Waals surface area contributed by atoms with Gasteiger partial charge < -0.3 is 19.8 Å². The van der Waals surface area contributed by atoms with Crippen LogP contribution in [0, 0.1) is 55.5 Å². The molecular formula is C42H60N2O8S. The van der Waals surface area contributed by atoms with Crippen LogP contribution in [-0.4, -0.2) is 44.0 Å². The Labute approximate surface area is 315 Å². The molecule has 11 heteroatoms. The molecule has 1 N–H and O–H groups in total. The first kappa shape index (κ1) is 38.4. The molecule has 0 spiro atoms. The summed E-state index contributed by atoms with van der Waals surface area (Å²) in [4.78, 5) is 14.2. The Balaban J connectivity index is 1.04. The normalized spacial score (nSPS) is 37.2. The molecule has 0 radical (unpaired) electrons. The van der Waals surface area contributed by atoms with Crippen LogP contribution in [0.15, 0.2) is 56.5 Å². The molecule has 4 saturated carbocycles. The maximum Gasteiger partial charge on any atom is 0.414 e. The molecule has 1 heterocycles. The van der Waals surface area contributed by atoms with E-state index in [1.165, 1.54) is 17.7 Å². The van der Waals surface area contributed by atoms with Gasteiger partial charge in [-0.15, -0.1) is 0 Å². The molecule has 1 aromatic carbocycles. The van der Waals surface area contributed by atoms with Gasteiger partial charge in [-0.1, -0.05) is 78.3 Å². The summed E-state index contributed by atoms with van der Waals surface area (Å²) in [6.07, 6.45) is 13.2. The number of ether oxygens (including phenoxy) is 2. The maximum absolute atomic E-state index is 14.4. The lowest BCUT2D eigenvalue weighted by Gasteiger charge is -2.71. The first-order valence-electron chi connectivity index (χ1n) is 19.9. The van der Waals surface area contributed by atoms with E-state index < -0.39 is 20.3 Å². The highest BCUT2D eigenvalue weighted by atomic mass is 32.2. The third-order valence-corrected chi connectivity index (χ3v) is 17.6. The van der Waals surface area contributed by atoms with Gasteiger partial charge in [0.05, 0.1) is 34.8 Å². The molecule has 0 bridgehead atoms. The fraction of sp³-hybridized carbons (Fsp3) is 0.738. The third-order valence-electron chi connectivity index (χ3n) is 15.9. The first-order chi connectivity index (χ1) is 24.8. The second kappa shape index (κ2) is 13.1. The minimum Gasteiger partial charge on any atom is -0.465 e. The second-order valence-electron chi connectivity index (χ2n) is 19.3.